The third-order valence-corrected chi connectivity index (χ3v) is 14.6. The van der Waals surface area contributed by atoms with Crippen LogP contribution in [0.5, 0.6) is 40.2 Å². The van der Waals surface area contributed by atoms with Crippen molar-refractivity contribution in [1.82, 2.24) is 15.1 Å². The number of fused-ring (bicyclic) bond motifs is 9. The minimum absolute atomic E-state index is 0.0113. The number of nitrogens with zero attached hydrogens (tertiary/aromatic N) is 3. The molecule has 0 amide bonds. The van der Waals surface area contributed by atoms with Crippen molar-refractivity contribution in [2.75, 3.05) is 53.6 Å². The van der Waals surface area contributed by atoms with E-state index in [1.807, 2.05) is 20.9 Å². The average Bonchev–Trinajstić information content (AvgIpc) is 3.72. The van der Waals surface area contributed by atoms with Gasteiger partial charge in [0.15, 0.2) is 40.0 Å². The number of hydrogen-bond acceptors (Lipinski definition) is 16. The Balaban J connectivity index is 1.26. The van der Waals surface area contributed by atoms with Crippen LogP contribution < -0.4 is 33.7 Å². The van der Waals surface area contributed by atoms with E-state index in [2.05, 4.69) is 33.8 Å². The van der Waals surface area contributed by atoms with Crippen LogP contribution in [0.2, 0.25) is 0 Å². The van der Waals surface area contributed by atoms with Crippen molar-refractivity contribution in [2.24, 2.45) is 0 Å². The quantitative estimate of drug-likeness (QED) is 0.162. The van der Waals surface area contributed by atoms with Crippen molar-refractivity contribution in [3.05, 3.63) is 75.4 Å². The molecule has 2 fully saturated rings. The van der Waals surface area contributed by atoms with Crippen molar-refractivity contribution in [2.45, 2.75) is 94.1 Å². The molecule has 62 heavy (non-hydrogen) atoms. The molecule has 7 aliphatic rings. The maximum Gasteiger partial charge on any atom is 0.514 e. The van der Waals surface area contributed by atoms with Crippen LogP contribution in [0.1, 0.15) is 82.6 Å². The number of methoxy groups -OCH3 is 2. The van der Waals surface area contributed by atoms with E-state index < -0.39 is 52.7 Å². The fourth-order valence-corrected chi connectivity index (χ4v) is 12.4. The molecule has 2 N–H and O–H groups in total. The summed E-state index contributed by atoms with van der Waals surface area (Å²) in [6, 6.07) is 5.66. The van der Waals surface area contributed by atoms with Crippen LogP contribution >= 0.6 is 11.8 Å². The number of aryl methyl sites for hydroxylation is 1. The lowest BCUT2D eigenvalue weighted by Crippen LogP contribution is -2.69. The first-order chi connectivity index (χ1) is 29.7. The zero-order chi connectivity index (χ0) is 44.0. The molecule has 1 spiro atoms. The summed E-state index contributed by atoms with van der Waals surface area (Å²) >= 11 is 1.55. The van der Waals surface area contributed by atoms with Crippen molar-refractivity contribution < 1.29 is 52.6 Å². The van der Waals surface area contributed by atoms with E-state index in [1.165, 1.54) is 7.11 Å². The predicted octanol–water partition coefficient (Wildman–Crippen LogP) is 6.23. The minimum Gasteiger partial charge on any atom is -0.504 e. The summed E-state index contributed by atoms with van der Waals surface area (Å²) in [7, 11) is 5.05. The summed E-state index contributed by atoms with van der Waals surface area (Å²) in [5.41, 5.74) is 4.08. The molecule has 3 aromatic rings. The van der Waals surface area contributed by atoms with E-state index >= 15 is 4.79 Å². The first-order valence-electron chi connectivity index (χ1n) is 20.8. The lowest BCUT2D eigenvalue weighted by molar-refractivity contribution is -0.157. The minimum atomic E-state index is -1.39. The van der Waals surface area contributed by atoms with Gasteiger partial charge in [-0.25, -0.2) is 9.59 Å². The van der Waals surface area contributed by atoms with Crippen molar-refractivity contribution in [1.29, 1.82) is 5.26 Å². The molecular formula is C46H52N4O11S. The number of carbonyl (C=O) groups excluding carboxylic acids is 2. The summed E-state index contributed by atoms with van der Waals surface area (Å²) < 4.78 is 48.4. The van der Waals surface area contributed by atoms with Gasteiger partial charge in [-0.3, -0.25) is 15.1 Å². The Morgan fingerprint density at radius 1 is 1.08 bits per heavy atom. The molecule has 15 nitrogen and oxygen atoms in total. The molecule has 0 aliphatic carbocycles. The Hall–Kier alpha value is -5.34. The smallest absolute Gasteiger partial charge is 0.504 e. The van der Waals surface area contributed by atoms with Gasteiger partial charge in [-0.2, -0.15) is 5.26 Å². The van der Waals surface area contributed by atoms with Gasteiger partial charge in [-0.05, 0) is 88.9 Å². The average molecular weight is 869 g/mol. The summed E-state index contributed by atoms with van der Waals surface area (Å²) in [5.74, 6) is 2.22. The maximum atomic E-state index is 15.1. The molecule has 7 atom stereocenters. The number of ether oxygens (including phenoxy) is 8. The topological polar surface area (TPSA) is 171 Å². The number of rotatable bonds is 6. The summed E-state index contributed by atoms with van der Waals surface area (Å²) in [4.78, 5) is 32.4. The van der Waals surface area contributed by atoms with Crippen LogP contribution in [0.15, 0.2) is 30.9 Å². The molecule has 328 valence electrons. The lowest BCUT2D eigenvalue weighted by Gasteiger charge is -2.62. The number of likely N-dealkylation sites (N-methyl/N-ethyl adjacent to an activating group) is 1. The highest BCUT2D eigenvalue weighted by molar-refractivity contribution is 7.99. The molecule has 4 bridgehead atoms. The van der Waals surface area contributed by atoms with Gasteiger partial charge >= 0.3 is 12.1 Å². The van der Waals surface area contributed by atoms with Gasteiger partial charge in [0.1, 0.15) is 30.6 Å². The van der Waals surface area contributed by atoms with Crippen molar-refractivity contribution in [3.8, 4) is 46.3 Å². The van der Waals surface area contributed by atoms with Crippen LogP contribution in [0.4, 0.5) is 4.79 Å². The van der Waals surface area contributed by atoms with E-state index in [4.69, 9.17) is 37.9 Å². The molecule has 0 saturated carbocycles. The van der Waals surface area contributed by atoms with Gasteiger partial charge in [0, 0.05) is 46.6 Å². The number of aromatic hydroxyl groups is 1. The van der Waals surface area contributed by atoms with E-state index in [1.54, 1.807) is 57.9 Å². The van der Waals surface area contributed by atoms with E-state index in [-0.39, 0.29) is 49.0 Å². The molecule has 7 aliphatic heterocycles. The van der Waals surface area contributed by atoms with Crippen LogP contribution in [0.25, 0.3) is 0 Å². The fraction of sp³-hybridized carbons (Fsp3) is 0.500. The van der Waals surface area contributed by atoms with Gasteiger partial charge in [0.25, 0.3) is 0 Å². The highest BCUT2D eigenvalue weighted by Crippen LogP contribution is 2.64. The van der Waals surface area contributed by atoms with Crippen LogP contribution in [0, 0.1) is 25.2 Å². The molecule has 1 unspecified atom stereocenters. The molecular weight excluding hydrogens is 817 g/mol. The number of thioether (sulfide) groups is 1. The molecule has 3 aromatic carbocycles. The molecule has 0 radical (unpaired) electrons. The number of hydrogen-bond donors (Lipinski definition) is 2. The number of carbonyl (C=O) groups is 2. The van der Waals surface area contributed by atoms with Crippen molar-refractivity contribution in [3.63, 3.8) is 0 Å². The van der Waals surface area contributed by atoms with Gasteiger partial charge in [0.05, 0.1) is 37.6 Å². The highest BCUT2D eigenvalue weighted by atomic mass is 32.2. The molecule has 2 saturated heterocycles. The number of nitrogens with one attached hydrogen (secondary N) is 1. The number of benzene rings is 3. The summed E-state index contributed by atoms with van der Waals surface area (Å²) in [5, 5.41) is 26.5. The van der Waals surface area contributed by atoms with E-state index in [9.17, 15) is 15.2 Å². The SMILES string of the molecule is C=CCOc1c(C)c2c(c3c1[C@H]1SC[C@]4(NCCc5cc(OC(=O)OC(C)(C)C)c(OC)cc54)C(=O)OC[C@@H]3N3C1[C@@H]1c4c(cc(C)c(OC)c4O)C[C@H]([C@@H]3C#N)N1C)OCO2. The molecule has 7 heterocycles. The number of phenols is 1. The fourth-order valence-electron chi connectivity index (χ4n) is 10.7. The third kappa shape index (κ3) is 6.33. The monoisotopic (exact) mass is 868 g/mol. The maximum absolute atomic E-state index is 15.1. The first-order valence-corrected chi connectivity index (χ1v) is 21.9. The van der Waals surface area contributed by atoms with Gasteiger partial charge in [0.2, 0.25) is 6.79 Å². The highest BCUT2D eigenvalue weighted by Gasteiger charge is 2.62. The van der Waals surface area contributed by atoms with E-state index in [0.29, 0.717) is 47.9 Å². The third-order valence-electron chi connectivity index (χ3n) is 13.1. The Morgan fingerprint density at radius 3 is 2.56 bits per heavy atom. The Labute approximate surface area is 365 Å². The standard InChI is InChI=1S/C46H52N4O11S/c1-10-13-56-39-23(3)40-41(59-21-58-40)33-29-19-57-43(52)46(26-17-30(54-8)31(16-24(26)11-12-48-46)60-44(53)61-45(4,5)6)20-62-42(34(33)39)36-35-32-25(14-22(2)38(55-9)37(32)51)15-27(49(35)7)28(18-47)50(29)36/h10,14,16-17,27-29,35-36,42,48,51H,1,11-13,15,19-21H2,2-9H3/t27-,28+,29+,35+,36?,42-,46-/m1/s1. The van der Waals surface area contributed by atoms with Crippen LogP contribution in [-0.4, -0.2) is 104 Å². The first kappa shape index (κ1) is 42.0. The second kappa shape index (κ2) is 15.5. The molecule has 0 aromatic heterocycles. The largest absolute Gasteiger partial charge is 0.514 e. The summed E-state index contributed by atoms with van der Waals surface area (Å²) in [6.07, 6.45) is 1.84. The van der Waals surface area contributed by atoms with Gasteiger partial charge in [-0.15, -0.1) is 11.8 Å². The Kier molecular flexibility index (Phi) is 10.5. The molecule has 16 heteroatoms. The second-order valence-electron chi connectivity index (χ2n) is 17.6. The van der Waals surface area contributed by atoms with E-state index in [0.717, 1.165) is 38.9 Å². The number of phenolic OH excluding ortho intramolecular Hbond substituents is 1. The van der Waals surface area contributed by atoms with Crippen LogP contribution in [-0.2, 0) is 32.6 Å². The number of esters is 1. The van der Waals surface area contributed by atoms with Crippen molar-refractivity contribution >= 4 is 23.9 Å². The lowest BCUT2D eigenvalue weighted by atomic mass is 9.71. The zero-order valence-corrected chi connectivity index (χ0v) is 37.0. The number of nitriles is 1. The predicted molar refractivity (Wildman–Crippen MR) is 228 cm³/mol. The normalized spacial score (nSPS) is 27.1. The van der Waals surface area contributed by atoms with Gasteiger partial charge < -0.3 is 43.0 Å². The van der Waals surface area contributed by atoms with Gasteiger partial charge in [-0.1, -0.05) is 18.7 Å². The number of piperazine rings is 1. The summed E-state index contributed by atoms with van der Waals surface area (Å²) in [6.45, 7) is 13.5. The van der Waals surface area contributed by atoms with Crippen LogP contribution in [0.3, 0.4) is 0 Å². The Morgan fingerprint density at radius 2 is 1.85 bits per heavy atom. The second-order valence-corrected chi connectivity index (χ2v) is 18.8. The zero-order valence-electron chi connectivity index (χ0n) is 36.2. The Bertz CT molecular complexity index is 2430. The molecule has 10 rings (SSSR count).